The van der Waals surface area contributed by atoms with Gasteiger partial charge in [-0.25, -0.2) is 8.78 Å². The van der Waals surface area contributed by atoms with Gasteiger partial charge in [-0.2, -0.15) is 0 Å². The number of nitrogens with one attached hydrogen (secondary N) is 1. The number of aromatic nitrogens is 1. The predicted octanol–water partition coefficient (Wildman–Crippen LogP) is 2.02. The number of carbonyl (C=O) groups excluding carboxylic acids is 1. The molecular formula is C10H10F2INO3. The summed E-state index contributed by atoms with van der Waals surface area (Å²) in [6.45, 7) is 1.89. The van der Waals surface area contributed by atoms with Crippen molar-refractivity contribution in [3.8, 4) is 0 Å². The topological polar surface area (TPSA) is 59.2 Å². The second-order valence-electron chi connectivity index (χ2n) is 3.17. The number of H-pyrrole nitrogens is 1. The van der Waals surface area contributed by atoms with E-state index in [1.165, 1.54) is 0 Å². The minimum Gasteiger partial charge on any atom is -0.466 e. The number of pyridine rings is 1. The van der Waals surface area contributed by atoms with E-state index in [0.717, 1.165) is 6.07 Å². The maximum atomic E-state index is 12.5. The van der Waals surface area contributed by atoms with Gasteiger partial charge in [-0.05, 0) is 29.5 Å². The number of esters is 1. The molecule has 0 atom stereocenters. The molecule has 0 spiro atoms. The van der Waals surface area contributed by atoms with Gasteiger partial charge in [0.25, 0.3) is 6.43 Å². The Hall–Kier alpha value is -0.990. The van der Waals surface area contributed by atoms with Crippen LogP contribution in [0.5, 0.6) is 0 Å². The average Bonchev–Trinajstić information content (AvgIpc) is 2.15. The number of hydrogen-bond acceptors (Lipinski definition) is 3. The van der Waals surface area contributed by atoms with E-state index in [9.17, 15) is 18.4 Å². The number of ether oxygens (including phenoxy) is 1. The van der Waals surface area contributed by atoms with Gasteiger partial charge in [0.05, 0.1) is 22.3 Å². The molecule has 0 aliphatic rings. The van der Waals surface area contributed by atoms with E-state index in [1.807, 2.05) is 0 Å². The average molecular weight is 357 g/mol. The van der Waals surface area contributed by atoms with Crippen molar-refractivity contribution >= 4 is 28.6 Å². The molecule has 1 heterocycles. The lowest BCUT2D eigenvalue weighted by Crippen LogP contribution is -2.17. The summed E-state index contributed by atoms with van der Waals surface area (Å²) >= 11 is 1.61. The summed E-state index contributed by atoms with van der Waals surface area (Å²) in [7, 11) is 0. The van der Waals surface area contributed by atoms with Gasteiger partial charge in [0, 0.05) is 11.8 Å². The first-order valence-electron chi connectivity index (χ1n) is 4.81. The molecule has 1 N–H and O–H groups in total. The summed E-state index contributed by atoms with van der Waals surface area (Å²) in [5.41, 5.74) is -1.08. The molecule has 17 heavy (non-hydrogen) atoms. The molecule has 7 heteroatoms. The van der Waals surface area contributed by atoms with E-state index in [0.29, 0.717) is 0 Å². The van der Waals surface area contributed by atoms with Crippen molar-refractivity contribution in [1.82, 2.24) is 4.98 Å². The summed E-state index contributed by atoms with van der Waals surface area (Å²) in [5.74, 6) is -0.510. The van der Waals surface area contributed by atoms with Crippen LogP contribution in [0.3, 0.4) is 0 Å². The minimum absolute atomic E-state index is 0.0457. The third kappa shape index (κ3) is 3.76. The van der Waals surface area contributed by atoms with Crippen LogP contribution >= 0.6 is 22.6 Å². The van der Waals surface area contributed by atoms with Crippen molar-refractivity contribution in [1.29, 1.82) is 0 Å². The Morgan fingerprint density at radius 3 is 2.71 bits per heavy atom. The van der Waals surface area contributed by atoms with Crippen LogP contribution in [0.2, 0.25) is 0 Å². The first-order chi connectivity index (χ1) is 7.95. The number of hydrogen-bond donors (Lipinski definition) is 1. The lowest BCUT2D eigenvalue weighted by atomic mass is 10.2. The van der Waals surface area contributed by atoms with Gasteiger partial charge < -0.3 is 9.72 Å². The van der Waals surface area contributed by atoms with E-state index < -0.39 is 23.4 Å². The molecule has 1 aromatic heterocycles. The number of carbonyl (C=O) groups is 1. The molecule has 0 unspecified atom stereocenters. The number of rotatable bonds is 4. The maximum Gasteiger partial charge on any atom is 0.311 e. The number of halogens is 3. The summed E-state index contributed by atoms with van der Waals surface area (Å²) in [6, 6.07) is 1.00. The molecule has 0 radical (unpaired) electrons. The molecule has 0 aliphatic heterocycles. The Labute approximate surface area is 110 Å². The van der Waals surface area contributed by atoms with Crippen molar-refractivity contribution in [2.45, 2.75) is 19.8 Å². The second-order valence-corrected chi connectivity index (χ2v) is 4.25. The molecule has 0 saturated carbocycles. The van der Waals surface area contributed by atoms with Crippen molar-refractivity contribution < 1.29 is 18.3 Å². The molecule has 4 nitrogen and oxygen atoms in total. The highest BCUT2D eigenvalue weighted by Crippen LogP contribution is 2.19. The fourth-order valence-electron chi connectivity index (χ4n) is 1.25. The van der Waals surface area contributed by atoms with E-state index in [1.54, 1.807) is 29.5 Å². The molecule has 1 rings (SSSR count). The smallest absolute Gasteiger partial charge is 0.311 e. The Bertz CT molecular complexity index is 473. The standard InChI is InChI=1S/C10H10F2INO3/c1-2-17-7(16)4-5-3-6(15)8(9(11)12)10(13)14-5/h3,9H,2,4H2,1H3,(H,14,15). The van der Waals surface area contributed by atoms with Crippen LogP contribution in [0.1, 0.15) is 24.6 Å². The summed E-state index contributed by atoms with van der Waals surface area (Å²) in [5, 5.41) is 0. The zero-order chi connectivity index (χ0) is 13.0. The molecule has 0 aromatic carbocycles. The third-order valence-electron chi connectivity index (χ3n) is 1.94. The fraction of sp³-hybridized carbons (Fsp3) is 0.400. The molecule has 0 saturated heterocycles. The van der Waals surface area contributed by atoms with Crippen LogP contribution in [-0.4, -0.2) is 17.6 Å². The number of aromatic amines is 1. The first kappa shape index (κ1) is 14.1. The van der Waals surface area contributed by atoms with E-state index in [-0.39, 0.29) is 22.4 Å². The van der Waals surface area contributed by atoms with Crippen molar-refractivity contribution in [3.63, 3.8) is 0 Å². The summed E-state index contributed by atoms with van der Waals surface area (Å²) < 4.78 is 29.7. The molecule has 0 fully saturated rings. The highest BCUT2D eigenvalue weighted by molar-refractivity contribution is 14.1. The fourth-order valence-corrected chi connectivity index (χ4v) is 2.10. The lowest BCUT2D eigenvalue weighted by Gasteiger charge is -2.06. The monoisotopic (exact) mass is 357 g/mol. The van der Waals surface area contributed by atoms with Gasteiger partial charge in [-0.15, -0.1) is 0 Å². The lowest BCUT2D eigenvalue weighted by molar-refractivity contribution is -0.142. The molecule has 0 bridgehead atoms. The van der Waals surface area contributed by atoms with E-state index in [4.69, 9.17) is 4.74 Å². The summed E-state index contributed by atoms with van der Waals surface area (Å²) in [4.78, 5) is 25.1. The van der Waals surface area contributed by atoms with Crippen LogP contribution in [-0.2, 0) is 16.0 Å². The van der Waals surface area contributed by atoms with Gasteiger partial charge in [0.2, 0.25) is 0 Å². The summed E-state index contributed by atoms with van der Waals surface area (Å²) in [6.07, 6.45) is -2.97. The Morgan fingerprint density at radius 2 is 2.24 bits per heavy atom. The first-order valence-corrected chi connectivity index (χ1v) is 5.89. The molecule has 1 aromatic rings. The van der Waals surface area contributed by atoms with Crippen LogP contribution in [0.15, 0.2) is 10.9 Å². The van der Waals surface area contributed by atoms with Crippen LogP contribution in [0, 0.1) is 3.70 Å². The molecular weight excluding hydrogens is 347 g/mol. The largest absolute Gasteiger partial charge is 0.466 e. The van der Waals surface area contributed by atoms with Crippen molar-refractivity contribution in [2.75, 3.05) is 6.61 Å². The number of alkyl halides is 2. The van der Waals surface area contributed by atoms with Crippen molar-refractivity contribution in [2.24, 2.45) is 0 Å². The third-order valence-corrected chi connectivity index (χ3v) is 2.79. The van der Waals surface area contributed by atoms with E-state index in [2.05, 4.69) is 4.98 Å². The van der Waals surface area contributed by atoms with Gasteiger partial charge in [-0.1, -0.05) is 0 Å². The van der Waals surface area contributed by atoms with Gasteiger partial charge >= 0.3 is 5.97 Å². The SMILES string of the molecule is CCOC(=O)Cc1cc(=O)c(C(F)F)c(I)[nH]1. The maximum absolute atomic E-state index is 12.5. The Kier molecular flexibility index (Phi) is 5.03. The van der Waals surface area contributed by atoms with Crippen LogP contribution in [0.4, 0.5) is 8.78 Å². The Morgan fingerprint density at radius 1 is 1.59 bits per heavy atom. The van der Waals surface area contributed by atoms with Gasteiger partial charge in [0.1, 0.15) is 0 Å². The second kappa shape index (κ2) is 6.08. The molecule has 0 aliphatic carbocycles. The van der Waals surface area contributed by atoms with Crippen molar-refractivity contribution in [3.05, 3.63) is 31.2 Å². The highest BCUT2D eigenvalue weighted by atomic mass is 127. The van der Waals surface area contributed by atoms with Crippen LogP contribution < -0.4 is 5.43 Å². The van der Waals surface area contributed by atoms with Gasteiger partial charge in [-0.3, -0.25) is 9.59 Å². The molecule has 0 amide bonds. The molecule has 94 valence electrons. The van der Waals surface area contributed by atoms with Crippen LogP contribution in [0.25, 0.3) is 0 Å². The zero-order valence-electron chi connectivity index (χ0n) is 8.93. The Balaban J connectivity index is 2.99. The zero-order valence-corrected chi connectivity index (χ0v) is 11.1. The normalized spacial score (nSPS) is 10.6. The van der Waals surface area contributed by atoms with E-state index >= 15 is 0 Å². The minimum atomic E-state index is -2.83. The quantitative estimate of drug-likeness (QED) is 0.510. The highest BCUT2D eigenvalue weighted by Gasteiger charge is 2.18. The predicted molar refractivity (Wildman–Crippen MR) is 65.1 cm³/mol. The van der Waals surface area contributed by atoms with Gasteiger partial charge in [0.15, 0.2) is 5.43 Å².